The van der Waals surface area contributed by atoms with Crippen LogP contribution in [0.25, 0.3) is 10.9 Å². The second-order valence-electron chi connectivity index (χ2n) is 9.25. The normalized spacial score (nSPS) is 17.5. The molecule has 0 spiro atoms. The van der Waals surface area contributed by atoms with E-state index in [0.29, 0.717) is 31.6 Å². The molecule has 4 rings (SSSR count). The zero-order valence-electron chi connectivity index (χ0n) is 19.7. The van der Waals surface area contributed by atoms with Gasteiger partial charge in [-0.3, -0.25) is 9.69 Å². The molecule has 1 saturated heterocycles. The largest absolute Gasteiger partial charge is 0.396 e. The summed E-state index contributed by atoms with van der Waals surface area (Å²) in [7, 11) is 0. The van der Waals surface area contributed by atoms with Crippen LogP contribution in [0.5, 0.6) is 0 Å². The van der Waals surface area contributed by atoms with Crippen molar-refractivity contribution in [3.05, 3.63) is 51.6 Å². The van der Waals surface area contributed by atoms with Gasteiger partial charge in [-0.2, -0.15) is 0 Å². The summed E-state index contributed by atoms with van der Waals surface area (Å²) >= 11 is 0. The van der Waals surface area contributed by atoms with Gasteiger partial charge in [0.15, 0.2) is 5.82 Å². The van der Waals surface area contributed by atoms with E-state index < -0.39 is 0 Å². The molecule has 2 N–H and O–H groups in total. The maximum absolute atomic E-state index is 13.0. The Balaban J connectivity index is 1.67. The molecule has 3 heterocycles. The average Bonchev–Trinajstić information content (AvgIpc) is 3.46. The molecule has 0 unspecified atom stereocenters. The van der Waals surface area contributed by atoms with E-state index in [0.717, 1.165) is 41.7 Å². The first-order chi connectivity index (χ1) is 16.0. The number of aromatic nitrogens is 5. The topological polar surface area (TPSA) is 109 Å². The SMILES string of the molecule is Cc1cccc2cc(CN(CCCO)[C@@H](c3nnnn3C[C@H]3CCCO3)C(C)C)c(=O)[nH]c12. The smallest absolute Gasteiger partial charge is 0.252 e. The van der Waals surface area contributed by atoms with Gasteiger partial charge in [-0.05, 0) is 59.5 Å². The Kier molecular flexibility index (Phi) is 7.52. The summed E-state index contributed by atoms with van der Waals surface area (Å²) in [4.78, 5) is 18.2. The fourth-order valence-electron chi connectivity index (χ4n) is 4.77. The molecule has 0 amide bonds. The van der Waals surface area contributed by atoms with Crippen molar-refractivity contribution in [2.45, 2.75) is 65.3 Å². The van der Waals surface area contributed by atoms with Crippen LogP contribution in [-0.2, 0) is 17.8 Å². The molecule has 2 aromatic heterocycles. The summed E-state index contributed by atoms with van der Waals surface area (Å²) < 4.78 is 7.65. The van der Waals surface area contributed by atoms with Gasteiger partial charge < -0.3 is 14.8 Å². The number of nitrogens with zero attached hydrogens (tertiary/aromatic N) is 5. The van der Waals surface area contributed by atoms with Crippen LogP contribution in [0.1, 0.15) is 56.1 Å². The highest BCUT2D eigenvalue weighted by Gasteiger charge is 2.30. The number of nitrogens with one attached hydrogen (secondary N) is 1. The third kappa shape index (κ3) is 5.31. The van der Waals surface area contributed by atoms with Crippen LogP contribution in [0, 0.1) is 12.8 Å². The zero-order chi connectivity index (χ0) is 23.4. The molecule has 1 aromatic carbocycles. The lowest BCUT2D eigenvalue weighted by molar-refractivity contribution is 0.0851. The summed E-state index contributed by atoms with van der Waals surface area (Å²) in [5.74, 6) is 0.964. The molecule has 1 fully saturated rings. The van der Waals surface area contributed by atoms with E-state index >= 15 is 0 Å². The second-order valence-corrected chi connectivity index (χ2v) is 9.25. The summed E-state index contributed by atoms with van der Waals surface area (Å²) in [6, 6.07) is 7.87. The fraction of sp³-hybridized carbons (Fsp3) is 0.583. The van der Waals surface area contributed by atoms with Crippen LogP contribution in [0.15, 0.2) is 29.1 Å². The quantitative estimate of drug-likeness (QED) is 0.485. The van der Waals surface area contributed by atoms with Crippen molar-refractivity contribution in [1.82, 2.24) is 30.1 Å². The van der Waals surface area contributed by atoms with Crippen molar-refractivity contribution in [1.29, 1.82) is 0 Å². The van der Waals surface area contributed by atoms with Gasteiger partial charge in [-0.1, -0.05) is 32.0 Å². The highest BCUT2D eigenvalue weighted by atomic mass is 16.5. The number of pyridine rings is 1. The molecular weight excluding hydrogens is 420 g/mol. The van der Waals surface area contributed by atoms with Gasteiger partial charge in [-0.25, -0.2) is 4.68 Å². The van der Waals surface area contributed by atoms with Crippen molar-refractivity contribution in [2.24, 2.45) is 5.92 Å². The third-order valence-corrected chi connectivity index (χ3v) is 6.39. The van der Waals surface area contributed by atoms with Crippen molar-refractivity contribution in [2.75, 3.05) is 19.8 Å². The minimum Gasteiger partial charge on any atom is -0.396 e. The maximum atomic E-state index is 13.0. The number of aliphatic hydroxyl groups excluding tert-OH is 1. The van der Waals surface area contributed by atoms with Crippen molar-refractivity contribution < 1.29 is 9.84 Å². The zero-order valence-corrected chi connectivity index (χ0v) is 19.7. The monoisotopic (exact) mass is 454 g/mol. The maximum Gasteiger partial charge on any atom is 0.252 e. The molecule has 2 atom stereocenters. The molecule has 0 bridgehead atoms. The first kappa shape index (κ1) is 23.5. The number of hydrogen-bond acceptors (Lipinski definition) is 7. The Morgan fingerprint density at radius 3 is 2.94 bits per heavy atom. The molecule has 1 aliphatic heterocycles. The number of rotatable bonds is 10. The van der Waals surface area contributed by atoms with Crippen molar-refractivity contribution >= 4 is 10.9 Å². The van der Waals surface area contributed by atoms with Gasteiger partial charge in [0.2, 0.25) is 0 Å². The standard InChI is InChI=1S/C24H34N6O3/c1-16(2)22(23-26-27-28-30(23)15-20-9-5-12-33-20)29(10-6-11-31)14-19-13-18-8-4-7-17(3)21(18)25-24(19)32/h4,7-8,13,16,20,22,31H,5-6,9-12,14-15H2,1-3H3,(H,25,32)/t20-,22-/m1/s1. The van der Waals surface area contributed by atoms with E-state index in [1.54, 1.807) is 0 Å². The van der Waals surface area contributed by atoms with Crippen LogP contribution in [0.3, 0.4) is 0 Å². The van der Waals surface area contributed by atoms with Crippen LogP contribution in [0.2, 0.25) is 0 Å². The molecule has 178 valence electrons. The molecule has 3 aromatic rings. The van der Waals surface area contributed by atoms with E-state index in [4.69, 9.17) is 4.74 Å². The van der Waals surface area contributed by atoms with Crippen LogP contribution in [-0.4, -0.2) is 61.1 Å². The highest BCUT2D eigenvalue weighted by molar-refractivity contribution is 5.81. The highest BCUT2D eigenvalue weighted by Crippen LogP contribution is 2.29. The predicted molar refractivity (Wildman–Crippen MR) is 126 cm³/mol. The summed E-state index contributed by atoms with van der Waals surface area (Å²) in [5, 5.41) is 23.2. The number of benzene rings is 1. The van der Waals surface area contributed by atoms with Gasteiger partial charge in [0, 0.05) is 31.9 Å². The lowest BCUT2D eigenvalue weighted by atomic mass is 10.00. The third-order valence-electron chi connectivity index (χ3n) is 6.39. The minimum absolute atomic E-state index is 0.0788. The number of hydrogen-bond donors (Lipinski definition) is 2. The van der Waals surface area contributed by atoms with Crippen LogP contribution >= 0.6 is 0 Å². The molecule has 1 aliphatic rings. The van der Waals surface area contributed by atoms with E-state index in [1.807, 2.05) is 35.9 Å². The second kappa shape index (κ2) is 10.5. The number of tetrazole rings is 1. The molecule has 9 heteroatoms. The Labute approximate surface area is 193 Å². The number of aromatic amines is 1. The van der Waals surface area contributed by atoms with Gasteiger partial charge >= 0.3 is 0 Å². The average molecular weight is 455 g/mol. The first-order valence-electron chi connectivity index (χ1n) is 11.8. The van der Waals surface area contributed by atoms with Crippen molar-refractivity contribution in [3.63, 3.8) is 0 Å². The van der Waals surface area contributed by atoms with E-state index in [9.17, 15) is 9.90 Å². The summed E-state index contributed by atoms with van der Waals surface area (Å²) in [6.45, 7) is 8.80. The molecule has 0 aliphatic carbocycles. The minimum atomic E-state index is -0.111. The number of aryl methyl sites for hydroxylation is 1. The van der Waals surface area contributed by atoms with E-state index in [-0.39, 0.29) is 30.2 Å². The number of aliphatic hydroxyl groups is 1. The summed E-state index contributed by atoms with van der Waals surface area (Å²) in [5.41, 5.74) is 2.51. The molecule has 0 saturated carbocycles. The predicted octanol–water partition coefficient (Wildman–Crippen LogP) is 2.58. The van der Waals surface area contributed by atoms with Gasteiger partial charge in [0.25, 0.3) is 5.56 Å². The Bertz CT molecular complexity index is 1120. The number of para-hydroxylation sites is 1. The van der Waals surface area contributed by atoms with Gasteiger partial charge in [-0.15, -0.1) is 5.10 Å². The fourth-order valence-corrected chi connectivity index (χ4v) is 4.77. The number of ether oxygens (including phenoxy) is 1. The Hall–Kier alpha value is -2.62. The number of H-pyrrole nitrogens is 1. The van der Waals surface area contributed by atoms with E-state index in [2.05, 4.69) is 39.3 Å². The van der Waals surface area contributed by atoms with Crippen molar-refractivity contribution in [3.8, 4) is 0 Å². The summed E-state index contributed by atoms with van der Waals surface area (Å²) in [6.07, 6.45) is 2.78. The number of fused-ring (bicyclic) bond motifs is 1. The van der Waals surface area contributed by atoms with Gasteiger partial charge in [0.1, 0.15) is 0 Å². The Morgan fingerprint density at radius 1 is 1.36 bits per heavy atom. The van der Waals surface area contributed by atoms with Crippen LogP contribution in [0.4, 0.5) is 0 Å². The molecule has 9 nitrogen and oxygen atoms in total. The first-order valence-corrected chi connectivity index (χ1v) is 11.8. The Morgan fingerprint density at radius 2 is 2.21 bits per heavy atom. The van der Waals surface area contributed by atoms with Gasteiger partial charge in [0.05, 0.1) is 24.2 Å². The molecule has 33 heavy (non-hydrogen) atoms. The van der Waals surface area contributed by atoms with E-state index in [1.165, 1.54) is 0 Å². The lowest BCUT2D eigenvalue weighted by Gasteiger charge is -2.33. The van der Waals surface area contributed by atoms with Crippen LogP contribution < -0.4 is 5.56 Å². The lowest BCUT2D eigenvalue weighted by Crippen LogP contribution is -2.37. The molecular formula is C24H34N6O3. The molecule has 0 radical (unpaired) electrons.